The summed E-state index contributed by atoms with van der Waals surface area (Å²) in [5, 5.41) is 2.78. The first kappa shape index (κ1) is 24.0. The second-order valence-corrected chi connectivity index (χ2v) is 8.03. The fraction of sp³-hybridized carbons (Fsp3) is 0.941. The van der Waals surface area contributed by atoms with Crippen molar-refractivity contribution in [2.24, 2.45) is 17.6 Å². The predicted molar refractivity (Wildman–Crippen MR) is 102 cm³/mol. The number of rotatable bonds is 12. The fourth-order valence-electron chi connectivity index (χ4n) is 1.99. The van der Waals surface area contributed by atoms with Gasteiger partial charge in [0.2, 0.25) is 0 Å². The van der Waals surface area contributed by atoms with Gasteiger partial charge in [-0.05, 0) is 0 Å². The van der Waals surface area contributed by atoms with Crippen molar-refractivity contribution in [3.63, 3.8) is 0 Å². The quantitative estimate of drug-likeness (QED) is 0.229. The smallest absolute Gasteiger partial charge is 0.128 e. The van der Waals surface area contributed by atoms with Crippen LogP contribution in [-0.2, 0) is 15.0 Å². The van der Waals surface area contributed by atoms with E-state index in [2.05, 4.69) is 67.5 Å². The van der Waals surface area contributed by atoms with E-state index in [9.17, 15) is 0 Å². The van der Waals surface area contributed by atoms with Crippen LogP contribution in [0.25, 0.3) is 0 Å². The molecule has 2 unspecified atom stereocenters. The number of unbranched alkanes of at least 4 members (excludes halogenated alkanes) is 2. The SMILES string of the molecule is CCCCC(CC)[CH2][Cu][CH2]C(CC)CCCC.NC(=S)S. The Morgan fingerprint density at radius 1 is 0.952 bits per heavy atom. The van der Waals surface area contributed by atoms with Crippen LogP contribution in [0.2, 0.25) is 10.6 Å². The maximum Gasteiger partial charge on any atom is 0.128 e. The molecule has 0 fully saturated rings. The number of hydrogen-bond acceptors (Lipinski definition) is 1. The van der Waals surface area contributed by atoms with E-state index in [4.69, 9.17) is 5.73 Å². The Labute approximate surface area is 151 Å². The minimum Gasteiger partial charge on any atom is -0.385 e. The van der Waals surface area contributed by atoms with E-state index < -0.39 is 0 Å². The first-order valence-electron chi connectivity index (χ1n) is 8.42. The maximum atomic E-state index is 4.71. The summed E-state index contributed by atoms with van der Waals surface area (Å²) in [4.78, 5) is 0. The van der Waals surface area contributed by atoms with Gasteiger partial charge in [0.15, 0.2) is 0 Å². The van der Waals surface area contributed by atoms with Crippen LogP contribution in [0.4, 0.5) is 0 Å². The van der Waals surface area contributed by atoms with Crippen molar-refractivity contribution in [1.82, 2.24) is 0 Å². The first-order valence-corrected chi connectivity index (χ1v) is 10.6. The number of thiol groups is 1. The van der Waals surface area contributed by atoms with Crippen molar-refractivity contribution >= 4 is 29.2 Å². The zero-order chi connectivity index (χ0) is 16.5. The summed E-state index contributed by atoms with van der Waals surface area (Å²) in [7, 11) is 0. The van der Waals surface area contributed by atoms with Crippen LogP contribution >= 0.6 is 24.8 Å². The number of hydrogen-bond donors (Lipinski definition) is 2. The molecular weight excluding hydrogens is 346 g/mol. The van der Waals surface area contributed by atoms with Gasteiger partial charge in [0.25, 0.3) is 0 Å². The van der Waals surface area contributed by atoms with E-state index in [0.29, 0.717) is 0 Å². The molecule has 0 saturated carbocycles. The second-order valence-electron chi connectivity index (χ2n) is 5.57. The van der Waals surface area contributed by atoms with Gasteiger partial charge in [-0.3, -0.25) is 0 Å². The molecule has 0 aromatic carbocycles. The number of nitrogens with two attached hydrogens (primary N) is 1. The molecular formula is C17H37CuNS2. The van der Waals surface area contributed by atoms with E-state index >= 15 is 0 Å². The van der Waals surface area contributed by atoms with E-state index in [-0.39, 0.29) is 4.32 Å². The average molecular weight is 383 g/mol. The molecule has 133 valence electrons. The van der Waals surface area contributed by atoms with Gasteiger partial charge in [-0.25, -0.2) is 0 Å². The van der Waals surface area contributed by atoms with Crippen LogP contribution in [-0.4, -0.2) is 4.32 Å². The van der Waals surface area contributed by atoms with Gasteiger partial charge in [-0.1, -0.05) is 12.2 Å². The van der Waals surface area contributed by atoms with E-state index in [1.165, 1.54) is 62.0 Å². The molecule has 0 radical (unpaired) electrons. The standard InChI is InChI=1S/2C8H17.CH3NS2.Cu/c2*1-4-6-7-8(3)5-2;2-1(3)4;/h2*8H,3-7H2,1-2H3;(H3,2,3,4);. The first-order chi connectivity index (χ1) is 10.0. The summed E-state index contributed by atoms with van der Waals surface area (Å²) >= 11 is 9.97. The van der Waals surface area contributed by atoms with Crippen LogP contribution in [0.1, 0.15) is 79.1 Å². The van der Waals surface area contributed by atoms with Crippen molar-refractivity contribution in [2.75, 3.05) is 0 Å². The van der Waals surface area contributed by atoms with Gasteiger partial charge >= 0.3 is 116 Å². The Hall–Kier alpha value is 0.759. The molecule has 0 saturated heterocycles. The molecule has 0 heterocycles. The molecule has 0 aliphatic heterocycles. The molecule has 0 aromatic rings. The van der Waals surface area contributed by atoms with Gasteiger partial charge in [0.1, 0.15) is 4.32 Å². The van der Waals surface area contributed by atoms with Crippen LogP contribution in [0.3, 0.4) is 0 Å². The van der Waals surface area contributed by atoms with Crippen molar-refractivity contribution in [3.8, 4) is 0 Å². The average Bonchev–Trinajstić information content (AvgIpc) is 2.45. The molecule has 2 N–H and O–H groups in total. The second kappa shape index (κ2) is 18.8. The Morgan fingerprint density at radius 2 is 1.29 bits per heavy atom. The van der Waals surface area contributed by atoms with Gasteiger partial charge in [-0.2, -0.15) is 0 Å². The monoisotopic (exact) mass is 382 g/mol. The summed E-state index contributed by atoms with van der Waals surface area (Å²) in [5.74, 6) is 1.94. The summed E-state index contributed by atoms with van der Waals surface area (Å²) in [6.07, 6.45) is 11.2. The molecule has 0 rings (SSSR count). The summed E-state index contributed by atoms with van der Waals surface area (Å²) in [6, 6.07) is 0. The van der Waals surface area contributed by atoms with Crippen LogP contribution in [0.15, 0.2) is 0 Å². The zero-order valence-corrected chi connectivity index (χ0v) is 17.1. The molecule has 2 atom stereocenters. The molecule has 0 spiro atoms. The van der Waals surface area contributed by atoms with Crippen LogP contribution < -0.4 is 5.73 Å². The summed E-state index contributed by atoms with van der Waals surface area (Å²) in [5.41, 5.74) is 4.71. The van der Waals surface area contributed by atoms with Crippen molar-refractivity contribution < 1.29 is 15.0 Å². The van der Waals surface area contributed by atoms with Crippen LogP contribution in [0, 0.1) is 11.8 Å². The number of thiocarbonyl (C=S) groups is 1. The molecule has 0 aromatic heterocycles. The van der Waals surface area contributed by atoms with Crippen molar-refractivity contribution in [1.29, 1.82) is 0 Å². The molecule has 0 aliphatic rings. The molecule has 0 aliphatic carbocycles. The largest absolute Gasteiger partial charge is 0.385 e. The maximum absolute atomic E-state index is 4.71. The van der Waals surface area contributed by atoms with Gasteiger partial charge in [0, 0.05) is 0 Å². The zero-order valence-electron chi connectivity index (χ0n) is 14.5. The van der Waals surface area contributed by atoms with Gasteiger partial charge in [0.05, 0.1) is 0 Å². The molecule has 21 heavy (non-hydrogen) atoms. The Morgan fingerprint density at radius 3 is 1.52 bits per heavy atom. The van der Waals surface area contributed by atoms with Crippen molar-refractivity contribution in [2.45, 2.75) is 89.7 Å². The molecule has 0 amide bonds. The Bertz CT molecular complexity index is 205. The van der Waals surface area contributed by atoms with E-state index in [1.807, 2.05) is 0 Å². The van der Waals surface area contributed by atoms with E-state index in [1.54, 1.807) is 0 Å². The molecule has 1 nitrogen and oxygen atoms in total. The molecule has 4 heteroatoms. The Balaban J connectivity index is 0. The van der Waals surface area contributed by atoms with Crippen LogP contribution in [0.5, 0.6) is 0 Å². The summed E-state index contributed by atoms with van der Waals surface area (Å²) < 4.78 is 0.194. The predicted octanol–water partition coefficient (Wildman–Crippen LogP) is 6.50. The third kappa shape index (κ3) is 20.8. The van der Waals surface area contributed by atoms with Gasteiger partial charge < -0.3 is 5.73 Å². The topological polar surface area (TPSA) is 26.0 Å². The minimum atomic E-state index is 0.194. The van der Waals surface area contributed by atoms with Crippen molar-refractivity contribution in [3.05, 3.63) is 0 Å². The molecule has 0 bridgehead atoms. The Kier molecular flexibility index (Phi) is 21.5. The van der Waals surface area contributed by atoms with Gasteiger partial charge in [-0.15, -0.1) is 12.6 Å². The third-order valence-electron chi connectivity index (χ3n) is 3.61. The fourth-order valence-corrected chi connectivity index (χ4v) is 3.84. The minimum absolute atomic E-state index is 0.194. The third-order valence-corrected chi connectivity index (χ3v) is 5.24. The normalized spacial score (nSPS) is 13.4. The van der Waals surface area contributed by atoms with E-state index in [0.717, 1.165) is 11.8 Å². The summed E-state index contributed by atoms with van der Waals surface area (Å²) in [6.45, 7) is 9.31.